The van der Waals surface area contributed by atoms with E-state index in [-0.39, 0.29) is 0 Å². The van der Waals surface area contributed by atoms with Gasteiger partial charge in [0.25, 0.3) is 0 Å². The van der Waals surface area contributed by atoms with Crippen molar-refractivity contribution in [1.82, 2.24) is 0 Å². The summed E-state index contributed by atoms with van der Waals surface area (Å²) >= 11 is 0. The van der Waals surface area contributed by atoms with E-state index in [1.807, 2.05) is 0 Å². The van der Waals surface area contributed by atoms with E-state index >= 15 is 0 Å². The molecule has 0 aromatic heterocycles. The van der Waals surface area contributed by atoms with Crippen LogP contribution in [0.1, 0.15) is 26.7 Å². The maximum Gasteiger partial charge on any atom is 0.107 e. The van der Waals surface area contributed by atoms with Crippen LogP contribution in [0.15, 0.2) is 0 Å². The average Bonchev–Trinajstić information content (AvgIpc) is 3.18. The van der Waals surface area contributed by atoms with Crippen LogP contribution >= 0.6 is 0 Å². The van der Waals surface area contributed by atoms with Crippen molar-refractivity contribution in [2.75, 3.05) is 26.4 Å². The van der Waals surface area contributed by atoms with Crippen molar-refractivity contribution < 1.29 is 18.9 Å². The van der Waals surface area contributed by atoms with E-state index in [1.165, 1.54) is 0 Å². The molecule has 2 fully saturated rings. The van der Waals surface area contributed by atoms with Crippen LogP contribution < -0.4 is 0 Å². The van der Waals surface area contributed by atoms with Crippen molar-refractivity contribution in [3.8, 4) is 0 Å². The summed E-state index contributed by atoms with van der Waals surface area (Å²) in [5.41, 5.74) is 0. The van der Waals surface area contributed by atoms with Crippen LogP contribution in [0.2, 0.25) is 0 Å². The van der Waals surface area contributed by atoms with Gasteiger partial charge in [-0.25, -0.2) is 0 Å². The minimum absolute atomic E-state index is 0.334. The molecule has 0 N–H and O–H groups in total. The molecule has 0 amide bonds. The Bertz CT molecular complexity index is 187. The van der Waals surface area contributed by atoms with Crippen LogP contribution in [0.25, 0.3) is 0 Å². The normalized spacial score (nSPS) is 36.4. The van der Waals surface area contributed by atoms with Gasteiger partial charge in [0.1, 0.15) is 12.2 Å². The lowest BCUT2D eigenvalue weighted by atomic mass is 10.3. The van der Waals surface area contributed by atoms with E-state index < -0.39 is 0 Å². The van der Waals surface area contributed by atoms with E-state index in [2.05, 4.69) is 13.8 Å². The van der Waals surface area contributed by atoms with E-state index in [0.29, 0.717) is 50.8 Å². The van der Waals surface area contributed by atoms with Crippen LogP contribution in [0.5, 0.6) is 0 Å². The maximum atomic E-state index is 5.45. The molecule has 4 unspecified atom stereocenters. The molecule has 0 aliphatic carbocycles. The predicted octanol–water partition coefficient (Wildman–Crippen LogP) is 1.37. The molecule has 2 saturated heterocycles. The van der Waals surface area contributed by atoms with Crippen LogP contribution in [-0.4, -0.2) is 50.8 Å². The molecule has 0 radical (unpaired) electrons. The third kappa shape index (κ3) is 3.70. The molecule has 16 heavy (non-hydrogen) atoms. The highest BCUT2D eigenvalue weighted by Crippen LogP contribution is 2.25. The molecule has 0 saturated carbocycles. The summed E-state index contributed by atoms with van der Waals surface area (Å²) in [6, 6.07) is 0. The standard InChI is InChI=1S/C12H22O4/c1-3-9-11(15-9)7-13-5-6-14-8-12-10(4-2)16-12/h9-12H,3-8H2,1-2H3. The minimum atomic E-state index is 0.334. The van der Waals surface area contributed by atoms with Gasteiger partial charge >= 0.3 is 0 Å². The molecule has 4 atom stereocenters. The average molecular weight is 230 g/mol. The van der Waals surface area contributed by atoms with Crippen molar-refractivity contribution in [3.63, 3.8) is 0 Å². The van der Waals surface area contributed by atoms with Gasteiger partial charge in [0.15, 0.2) is 0 Å². The van der Waals surface area contributed by atoms with E-state index in [1.54, 1.807) is 0 Å². The van der Waals surface area contributed by atoms with Crippen molar-refractivity contribution in [2.45, 2.75) is 51.1 Å². The summed E-state index contributed by atoms with van der Waals surface area (Å²) in [4.78, 5) is 0. The number of epoxide rings is 2. The zero-order valence-electron chi connectivity index (χ0n) is 10.2. The van der Waals surface area contributed by atoms with Gasteiger partial charge in [-0.2, -0.15) is 0 Å². The van der Waals surface area contributed by atoms with Gasteiger partial charge in [0, 0.05) is 0 Å². The molecule has 0 aromatic carbocycles. The second-order valence-corrected chi connectivity index (χ2v) is 4.39. The van der Waals surface area contributed by atoms with E-state index in [9.17, 15) is 0 Å². The van der Waals surface area contributed by atoms with Gasteiger partial charge in [0.2, 0.25) is 0 Å². The Morgan fingerprint density at radius 1 is 0.750 bits per heavy atom. The molecule has 2 rings (SSSR count). The molecule has 94 valence electrons. The van der Waals surface area contributed by atoms with Gasteiger partial charge in [-0.3, -0.25) is 0 Å². The second kappa shape index (κ2) is 5.96. The number of rotatable bonds is 9. The monoisotopic (exact) mass is 230 g/mol. The van der Waals surface area contributed by atoms with Crippen LogP contribution in [-0.2, 0) is 18.9 Å². The largest absolute Gasteiger partial charge is 0.376 e. The number of hydrogen-bond donors (Lipinski definition) is 0. The Hall–Kier alpha value is -0.160. The molecule has 0 bridgehead atoms. The molecule has 2 aliphatic rings. The topological polar surface area (TPSA) is 43.5 Å². The lowest BCUT2D eigenvalue weighted by Crippen LogP contribution is -2.12. The molecule has 4 heteroatoms. The predicted molar refractivity (Wildman–Crippen MR) is 59.5 cm³/mol. The first-order valence-electron chi connectivity index (χ1n) is 6.31. The SMILES string of the molecule is CCC1OC1COCCOCC1OC1CC. The van der Waals surface area contributed by atoms with Crippen LogP contribution in [0.3, 0.4) is 0 Å². The van der Waals surface area contributed by atoms with Crippen LogP contribution in [0.4, 0.5) is 0 Å². The highest BCUT2D eigenvalue weighted by molar-refractivity contribution is 4.83. The fourth-order valence-electron chi connectivity index (χ4n) is 1.89. The molecular weight excluding hydrogens is 208 g/mol. The maximum absolute atomic E-state index is 5.45. The van der Waals surface area contributed by atoms with Crippen molar-refractivity contribution in [3.05, 3.63) is 0 Å². The lowest BCUT2D eigenvalue weighted by molar-refractivity contribution is 0.0365. The molecular formula is C12H22O4. The Balaban J connectivity index is 1.34. The zero-order chi connectivity index (χ0) is 11.4. The number of hydrogen-bond acceptors (Lipinski definition) is 4. The third-order valence-electron chi connectivity index (χ3n) is 3.12. The highest BCUT2D eigenvalue weighted by atomic mass is 16.6. The summed E-state index contributed by atoms with van der Waals surface area (Å²) in [6.07, 6.45) is 3.71. The minimum Gasteiger partial charge on any atom is -0.376 e. The quantitative estimate of drug-likeness (QED) is 0.443. The van der Waals surface area contributed by atoms with Gasteiger partial charge in [-0.15, -0.1) is 0 Å². The smallest absolute Gasteiger partial charge is 0.107 e. The van der Waals surface area contributed by atoms with Gasteiger partial charge < -0.3 is 18.9 Å². The molecule has 0 aromatic rings. The van der Waals surface area contributed by atoms with E-state index in [4.69, 9.17) is 18.9 Å². The summed E-state index contributed by atoms with van der Waals surface area (Å²) < 4.78 is 21.6. The highest BCUT2D eigenvalue weighted by Gasteiger charge is 2.37. The molecule has 2 aliphatic heterocycles. The zero-order valence-corrected chi connectivity index (χ0v) is 10.2. The Morgan fingerprint density at radius 3 is 1.50 bits per heavy atom. The summed E-state index contributed by atoms with van der Waals surface area (Å²) in [5.74, 6) is 0. The first kappa shape index (κ1) is 12.3. The third-order valence-corrected chi connectivity index (χ3v) is 3.12. The molecule has 4 nitrogen and oxygen atoms in total. The fraction of sp³-hybridized carbons (Fsp3) is 1.00. The molecule has 2 heterocycles. The van der Waals surface area contributed by atoms with Crippen molar-refractivity contribution in [1.29, 1.82) is 0 Å². The summed E-state index contributed by atoms with van der Waals surface area (Å²) in [7, 11) is 0. The van der Waals surface area contributed by atoms with E-state index in [0.717, 1.165) is 12.8 Å². The second-order valence-electron chi connectivity index (χ2n) is 4.39. The summed E-state index contributed by atoms with van der Waals surface area (Å²) in [5, 5.41) is 0. The number of ether oxygens (including phenoxy) is 4. The Kier molecular flexibility index (Phi) is 4.58. The van der Waals surface area contributed by atoms with Gasteiger partial charge in [-0.05, 0) is 12.8 Å². The van der Waals surface area contributed by atoms with Crippen molar-refractivity contribution in [2.24, 2.45) is 0 Å². The first-order valence-corrected chi connectivity index (χ1v) is 6.31. The molecule has 0 spiro atoms. The Labute approximate surface area is 97.2 Å². The van der Waals surface area contributed by atoms with Crippen molar-refractivity contribution >= 4 is 0 Å². The fourth-order valence-corrected chi connectivity index (χ4v) is 1.89. The van der Waals surface area contributed by atoms with Gasteiger partial charge in [-0.1, -0.05) is 13.8 Å². The van der Waals surface area contributed by atoms with Crippen LogP contribution in [0, 0.1) is 0 Å². The van der Waals surface area contributed by atoms with Gasteiger partial charge in [0.05, 0.1) is 38.6 Å². The first-order chi connectivity index (χ1) is 7.85. The summed E-state index contributed by atoms with van der Waals surface area (Å²) in [6.45, 7) is 6.99. The Morgan fingerprint density at radius 2 is 1.19 bits per heavy atom. The lowest BCUT2D eigenvalue weighted by Gasteiger charge is -2.02.